The van der Waals surface area contributed by atoms with Gasteiger partial charge in [0.05, 0.1) is 10.5 Å². The van der Waals surface area contributed by atoms with Crippen molar-refractivity contribution in [3.63, 3.8) is 0 Å². The van der Waals surface area contributed by atoms with Crippen LogP contribution in [0.4, 0.5) is 11.6 Å². The van der Waals surface area contributed by atoms with Gasteiger partial charge in [0.25, 0.3) is 5.91 Å². The molecule has 216 valence electrons. The summed E-state index contributed by atoms with van der Waals surface area (Å²) < 4.78 is 24.8. The number of anilines is 2. The average molecular weight is 576 g/mol. The summed E-state index contributed by atoms with van der Waals surface area (Å²) in [6.45, 7) is 4.20. The predicted molar refractivity (Wildman–Crippen MR) is 158 cm³/mol. The van der Waals surface area contributed by atoms with E-state index in [-0.39, 0.29) is 18.0 Å². The van der Waals surface area contributed by atoms with Gasteiger partial charge < -0.3 is 20.2 Å². The van der Waals surface area contributed by atoms with Crippen LogP contribution in [0.1, 0.15) is 49.5 Å². The molecule has 41 heavy (non-hydrogen) atoms. The lowest BCUT2D eigenvalue weighted by Crippen LogP contribution is -2.61. The zero-order chi connectivity index (χ0) is 28.5. The van der Waals surface area contributed by atoms with Crippen LogP contribution in [0.3, 0.4) is 0 Å². The summed E-state index contributed by atoms with van der Waals surface area (Å²) in [7, 11) is -3.35. The minimum atomic E-state index is -3.35. The van der Waals surface area contributed by atoms with E-state index < -0.39 is 15.4 Å². The summed E-state index contributed by atoms with van der Waals surface area (Å²) in [5, 5.41) is 15.8. The van der Waals surface area contributed by atoms with Crippen molar-refractivity contribution in [3.05, 3.63) is 54.4 Å². The quantitative estimate of drug-likeness (QED) is 0.476. The first-order valence-electron chi connectivity index (χ1n) is 14.7. The molecule has 4 bridgehead atoms. The second-order valence-electron chi connectivity index (χ2n) is 12.8. The number of amides is 1. The van der Waals surface area contributed by atoms with E-state index in [1.807, 2.05) is 30.3 Å². The number of aliphatic hydroxyl groups is 1. The predicted octanol–water partition coefficient (Wildman–Crippen LogP) is 3.42. The molecule has 2 N–H and O–H groups in total. The maximum absolute atomic E-state index is 13.4. The van der Waals surface area contributed by atoms with E-state index in [4.69, 9.17) is 4.98 Å². The van der Waals surface area contributed by atoms with Gasteiger partial charge in [-0.3, -0.25) is 4.79 Å². The van der Waals surface area contributed by atoms with Crippen LogP contribution in [-0.4, -0.2) is 73.0 Å². The Hall–Kier alpha value is -3.24. The van der Waals surface area contributed by atoms with Crippen LogP contribution in [0.15, 0.2) is 53.6 Å². The molecule has 4 aliphatic carbocycles. The summed E-state index contributed by atoms with van der Waals surface area (Å²) in [6.07, 6.45) is 7.58. The first kappa shape index (κ1) is 26.6. The van der Waals surface area contributed by atoms with Crippen LogP contribution in [-0.2, 0) is 9.84 Å². The first-order chi connectivity index (χ1) is 19.6. The highest BCUT2D eigenvalue weighted by Gasteiger charge is 2.55. The number of hydrogen-bond acceptors (Lipinski definition) is 8. The molecular formula is C31H37N5O4S. The van der Waals surface area contributed by atoms with Crippen molar-refractivity contribution in [1.82, 2.24) is 15.3 Å². The van der Waals surface area contributed by atoms with Crippen molar-refractivity contribution in [3.8, 4) is 0 Å². The Morgan fingerprint density at radius 3 is 2.44 bits per heavy atom. The van der Waals surface area contributed by atoms with E-state index in [0.717, 1.165) is 48.6 Å². The highest BCUT2D eigenvalue weighted by Crippen LogP contribution is 2.55. The number of piperazine rings is 1. The van der Waals surface area contributed by atoms with Crippen LogP contribution in [0.25, 0.3) is 10.8 Å². The lowest BCUT2D eigenvalue weighted by Gasteiger charge is -2.58. The van der Waals surface area contributed by atoms with Gasteiger partial charge in [0.2, 0.25) is 5.95 Å². The van der Waals surface area contributed by atoms with Gasteiger partial charge in [-0.05, 0) is 75.0 Å². The maximum atomic E-state index is 13.4. The fourth-order valence-electron chi connectivity index (χ4n) is 8.38. The molecule has 5 fully saturated rings. The topological polar surface area (TPSA) is 116 Å². The van der Waals surface area contributed by atoms with Gasteiger partial charge in [-0.1, -0.05) is 24.3 Å². The number of nitrogens with zero attached hydrogens (tertiary/aromatic N) is 4. The van der Waals surface area contributed by atoms with Crippen LogP contribution in [0.5, 0.6) is 0 Å². The van der Waals surface area contributed by atoms with Gasteiger partial charge in [-0.2, -0.15) is 0 Å². The molecule has 3 atom stereocenters. The van der Waals surface area contributed by atoms with Crippen LogP contribution in [0.2, 0.25) is 0 Å². The molecule has 4 saturated carbocycles. The Morgan fingerprint density at radius 2 is 1.76 bits per heavy atom. The number of nitrogens with one attached hydrogen (secondary N) is 1. The van der Waals surface area contributed by atoms with E-state index in [1.165, 1.54) is 6.26 Å². The van der Waals surface area contributed by atoms with Gasteiger partial charge in [-0.15, -0.1) is 0 Å². The molecule has 1 saturated heterocycles. The Morgan fingerprint density at radius 1 is 1.02 bits per heavy atom. The molecule has 9 nitrogen and oxygen atoms in total. The third-order valence-electron chi connectivity index (χ3n) is 9.90. The number of rotatable bonds is 5. The van der Waals surface area contributed by atoms with Crippen molar-refractivity contribution in [2.24, 2.45) is 17.8 Å². The number of carbonyl (C=O) groups is 1. The van der Waals surface area contributed by atoms with Gasteiger partial charge >= 0.3 is 0 Å². The Labute approximate surface area is 240 Å². The van der Waals surface area contributed by atoms with E-state index in [9.17, 15) is 18.3 Å². The molecule has 2 aromatic carbocycles. The van der Waals surface area contributed by atoms with Crippen molar-refractivity contribution < 1.29 is 18.3 Å². The molecule has 8 rings (SSSR count). The molecule has 2 heterocycles. The molecule has 5 aliphatic rings. The zero-order valence-electron chi connectivity index (χ0n) is 23.5. The molecule has 3 aromatic rings. The lowest BCUT2D eigenvalue weighted by atomic mass is 9.52. The van der Waals surface area contributed by atoms with Crippen LogP contribution in [0, 0.1) is 17.8 Å². The molecule has 1 aromatic heterocycles. The monoisotopic (exact) mass is 575 g/mol. The van der Waals surface area contributed by atoms with Crippen molar-refractivity contribution in [1.29, 1.82) is 0 Å². The fourth-order valence-corrected chi connectivity index (χ4v) is 9.28. The normalized spacial score (nSPS) is 31.0. The molecule has 10 heteroatoms. The Kier molecular flexibility index (Phi) is 6.28. The molecule has 0 radical (unpaired) electrons. The van der Waals surface area contributed by atoms with E-state index in [2.05, 4.69) is 27.0 Å². The third kappa shape index (κ3) is 4.74. The first-order valence-corrected chi connectivity index (χ1v) is 16.6. The SMILES string of the molecule is CC1CN(c2ccc(S(C)(=O)=O)c3ccccc23)CCN1c1nccc(C(=O)NC2C3CC4CC2CC(O)(C4)C3)n1. The smallest absolute Gasteiger partial charge is 0.270 e. The van der Waals surface area contributed by atoms with Crippen molar-refractivity contribution in [2.75, 3.05) is 35.7 Å². The largest absolute Gasteiger partial charge is 0.390 e. The lowest BCUT2D eigenvalue weighted by molar-refractivity contribution is -0.136. The third-order valence-corrected chi connectivity index (χ3v) is 11.1. The highest BCUT2D eigenvalue weighted by atomic mass is 32.2. The molecule has 0 spiro atoms. The van der Waals surface area contributed by atoms with E-state index >= 15 is 0 Å². The van der Waals surface area contributed by atoms with Crippen LogP contribution >= 0.6 is 0 Å². The van der Waals surface area contributed by atoms with E-state index in [1.54, 1.807) is 18.3 Å². The molecule has 1 amide bonds. The standard InChI is InChI=1S/C31H37N5O4S/c1-19-18-35(26-7-8-27(41(2,39)40)24-6-4-3-5-23(24)26)11-12-36(19)30-32-10-9-25(33-30)29(37)34-28-21-13-20-14-22(28)17-31(38,15-20)16-21/h3-10,19-22,28,38H,11-18H2,1-2H3,(H,34,37). The summed E-state index contributed by atoms with van der Waals surface area (Å²) in [6, 6.07) is 13.1. The fraction of sp³-hybridized carbons (Fsp3) is 0.516. The summed E-state index contributed by atoms with van der Waals surface area (Å²) in [5.74, 6) is 1.65. The number of fused-ring (bicyclic) bond motifs is 1. The van der Waals surface area contributed by atoms with E-state index in [0.29, 0.717) is 53.9 Å². The van der Waals surface area contributed by atoms with Crippen LogP contribution < -0.4 is 15.1 Å². The molecular weight excluding hydrogens is 538 g/mol. The van der Waals surface area contributed by atoms with Gasteiger partial charge in [-0.25, -0.2) is 18.4 Å². The highest BCUT2D eigenvalue weighted by molar-refractivity contribution is 7.91. The minimum absolute atomic E-state index is 0.0700. The van der Waals surface area contributed by atoms with Gasteiger partial charge in [0.1, 0.15) is 5.69 Å². The van der Waals surface area contributed by atoms with Gasteiger partial charge in [0, 0.05) is 60.6 Å². The molecule has 3 unspecified atom stereocenters. The summed E-state index contributed by atoms with van der Waals surface area (Å²) in [4.78, 5) is 27.4. The maximum Gasteiger partial charge on any atom is 0.270 e. The number of benzene rings is 2. The molecule has 1 aliphatic heterocycles. The minimum Gasteiger partial charge on any atom is -0.390 e. The van der Waals surface area contributed by atoms with Crippen molar-refractivity contribution in [2.45, 2.75) is 61.6 Å². The second kappa shape index (κ2) is 9.66. The summed E-state index contributed by atoms with van der Waals surface area (Å²) >= 11 is 0. The average Bonchev–Trinajstić information content (AvgIpc) is 2.93. The van der Waals surface area contributed by atoms with Crippen molar-refractivity contribution >= 4 is 38.2 Å². The summed E-state index contributed by atoms with van der Waals surface area (Å²) in [5.41, 5.74) is 0.855. The number of hydrogen-bond donors (Lipinski definition) is 2. The number of carbonyl (C=O) groups excluding carboxylic acids is 1. The Bertz CT molecular complexity index is 1610. The van der Waals surface area contributed by atoms with Gasteiger partial charge in [0.15, 0.2) is 9.84 Å². The number of aromatic nitrogens is 2. The zero-order valence-corrected chi connectivity index (χ0v) is 24.3. The number of sulfone groups is 1. The second-order valence-corrected chi connectivity index (χ2v) is 14.8. The Balaban J connectivity index is 1.07.